The largest absolute Gasteiger partial charge is 0.438 e. The molecule has 0 aliphatic carbocycles. The number of carbonyl (C=O) groups is 1. The summed E-state index contributed by atoms with van der Waals surface area (Å²) in [6.07, 6.45) is 5.76. The molecule has 1 unspecified atom stereocenters. The lowest BCUT2D eigenvalue weighted by Gasteiger charge is -2.26. The third kappa shape index (κ3) is 2.22. The Morgan fingerprint density at radius 3 is 3.00 bits per heavy atom. The van der Waals surface area contributed by atoms with Crippen LogP contribution in [0.4, 0.5) is 5.88 Å². The number of anilines is 1. The average Bonchev–Trinajstić information content (AvgIpc) is 2.62. The van der Waals surface area contributed by atoms with Crippen molar-refractivity contribution in [3.05, 3.63) is 17.9 Å². The van der Waals surface area contributed by atoms with Gasteiger partial charge in [0.05, 0.1) is 0 Å². The fourth-order valence-electron chi connectivity index (χ4n) is 2.16. The van der Waals surface area contributed by atoms with Crippen LogP contribution in [0.2, 0.25) is 0 Å². The molecule has 1 aliphatic rings. The molecule has 0 saturated carbocycles. The molecular formula is C12H17NO2. The molecule has 2 rings (SSSR count). The Labute approximate surface area is 90.1 Å². The molecular weight excluding hydrogens is 190 g/mol. The molecule has 2 heterocycles. The fraction of sp³-hybridized carbons (Fsp3) is 0.583. The Morgan fingerprint density at radius 2 is 2.27 bits per heavy atom. The third-order valence-corrected chi connectivity index (χ3v) is 3.06. The Balaban J connectivity index is 2.16. The summed E-state index contributed by atoms with van der Waals surface area (Å²) in [7, 11) is 0. The second kappa shape index (κ2) is 4.51. The standard InChI is InChI=1S/C12H17NO2/c1-10-5-3-2-4-8-13(10)12-7-6-11(9-14)15-12/h6-7,9-10H,2-5,8H2,1H3. The Kier molecular flexibility index (Phi) is 3.09. The molecule has 1 aromatic rings. The maximum absolute atomic E-state index is 10.5. The van der Waals surface area contributed by atoms with Gasteiger partial charge in [0.25, 0.3) is 0 Å². The maximum Gasteiger partial charge on any atom is 0.196 e. The molecule has 0 spiro atoms. The number of rotatable bonds is 2. The molecule has 0 radical (unpaired) electrons. The van der Waals surface area contributed by atoms with Gasteiger partial charge in [0.1, 0.15) is 0 Å². The summed E-state index contributed by atoms with van der Waals surface area (Å²) in [5, 5.41) is 0. The van der Waals surface area contributed by atoms with Crippen molar-refractivity contribution < 1.29 is 9.21 Å². The Hall–Kier alpha value is -1.25. The Bertz CT molecular complexity index is 332. The second-order valence-corrected chi connectivity index (χ2v) is 4.19. The summed E-state index contributed by atoms with van der Waals surface area (Å²) in [5.74, 6) is 1.26. The minimum atomic E-state index is 0.418. The van der Waals surface area contributed by atoms with E-state index in [0.717, 1.165) is 18.7 Å². The highest BCUT2D eigenvalue weighted by Crippen LogP contribution is 2.25. The monoisotopic (exact) mass is 207 g/mol. The van der Waals surface area contributed by atoms with Crippen LogP contribution in [0.1, 0.15) is 43.2 Å². The van der Waals surface area contributed by atoms with E-state index < -0.39 is 0 Å². The number of carbonyl (C=O) groups excluding carboxylic acids is 1. The SMILES string of the molecule is CC1CCCCCN1c1ccc(C=O)o1. The van der Waals surface area contributed by atoms with Crippen LogP contribution < -0.4 is 4.90 Å². The first-order valence-electron chi connectivity index (χ1n) is 5.63. The van der Waals surface area contributed by atoms with Crippen molar-refractivity contribution >= 4 is 12.2 Å². The number of furan rings is 1. The van der Waals surface area contributed by atoms with Gasteiger partial charge in [0.2, 0.25) is 0 Å². The van der Waals surface area contributed by atoms with E-state index >= 15 is 0 Å². The molecule has 82 valence electrons. The molecule has 1 atom stereocenters. The molecule has 15 heavy (non-hydrogen) atoms. The van der Waals surface area contributed by atoms with Gasteiger partial charge in [0, 0.05) is 18.7 Å². The van der Waals surface area contributed by atoms with Gasteiger partial charge in [0.15, 0.2) is 17.9 Å². The molecule has 1 aliphatic heterocycles. The highest BCUT2D eigenvalue weighted by molar-refractivity contribution is 5.71. The minimum absolute atomic E-state index is 0.418. The third-order valence-electron chi connectivity index (χ3n) is 3.06. The van der Waals surface area contributed by atoms with E-state index in [1.165, 1.54) is 25.7 Å². The zero-order valence-corrected chi connectivity index (χ0v) is 9.11. The zero-order valence-electron chi connectivity index (χ0n) is 9.11. The van der Waals surface area contributed by atoms with Crippen LogP contribution in [0.25, 0.3) is 0 Å². The van der Waals surface area contributed by atoms with Crippen molar-refractivity contribution in [2.45, 2.75) is 38.6 Å². The Morgan fingerprint density at radius 1 is 1.40 bits per heavy atom. The molecule has 1 fully saturated rings. The number of hydrogen-bond acceptors (Lipinski definition) is 3. The molecule has 0 bridgehead atoms. The predicted octanol–water partition coefficient (Wildman–Crippen LogP) is 2.86. The van der Waals surface area contributed by atoms with Gasteiger partial charge in [-0.25, -0.2) is 0 Å². The molecule has 1 saturated heterocycles. The quantitative estimate of drug-likeness (QED) is 0.699. The summed E-state index contributed by atoms with van der Waals surface area (Å²) in [6, 6.07) is 4.14. The molecule has 3 heteroatoms. The van der Waals surface area contributed by atoms with Crippen LogP contribution in [0.15, 0.2) is 16.5 Å². The van der Waals surface area contributed by atoms with Crippen molar-refractivity contribution in [3.63, 3.8) is 0 Å². The average molecular weight is 207 g/mol. The van der Waals surface area contributed by atoms with Crippen LogP contribution in [0.5, 0.6) is 0 Å². The highest BCUT2D eigenvalue weighted by atomic mass is 16.4. The van der Waals surface area contributed by atoms with Gasteiger partial charge in [-0.05, 0) is 25.8 Å². The number of aldehydes is 1. The van der Waals surface area contributed by atoms with Crippen LogP contribution in [0.3, 0.4) is 0 Å². The molecule has 0 amide bonds. The molecule has 0 N–H and O–H groups in total. The summed E-state index contributed by atoms with van der Waals surface area (Å²) in [5.41, 5.74) is 0. The summed E-state index contributed by atoms with van der Waals surface area (Å²) in [6.45, 7) is 3.25. The molecule has 1 aromatic heterocycles. The van der Waals surface area contributed by atoms with Crippen LogP contribution in [-0.2, 0) is 0 Å². The summed E-state index contributed by atoms with van der Waals surface area (Å²) < 4.78 is 5.46. The normalized spacial score (nSPS) is 22.5. The van der Waals surface area contributed by atoms with Crippen molar-refractivity contribution in [2.24, 2.45) is 0 Å². The van der Waals surface area contributed by atoms with Gasteiger partial charge >= 0.3 is 0 Å². The van der Waals surface area contributed by atoms with Crippen molar-refractivity contribution in [3.8, 4) is 0 Å². The number of hydrogen-bond donors (Lipinski definition) is 0. The van der Waals surface area contributed by atoms with E-state index in [4.69, 9.17) is 4.42 Å². The second-order valence-electron chi connectivity index (χ2n) is 4.19. The molecule has 0 aromatic carbocycles. The smallest absolute Gasteiger partial charge is 0.196 e. The van der Waals surface area contributed by atoms with E-state index in [1.54, 1.807) is 6.07 Å². The van der Waals surface area contributed by atoms with E-state index in [-0.39, 0.29) is 0 Å². The lowest BCUT2D eigenvalue weighted by atomic mass is 10.1. The lowest BCUT2D eigenvalue weighted by Crippen LogP contribution is -2.31. The highest BCUT2D eigenvalue weighted by Gasteiger charge is 2.19. The fourth-order valence-corrected chi connectivity index (χ4v) is 2.16. The van der Waals surface area contributed by atoms with Crippen LogP contribution >= 0.6 is 0 Å². The van der Waals surface area contributed by atoms with Gasteiger partial charge < -0.3 is 9.32 Å². The number of nitrogens with zero attached hydrogens (tertiary/aromatic N) is 1. The van der Waals surface area contributed by atoms with Crippen molar-refractivity contribution in [1.29, 1.82) is 0 Å². The molecule has 3 nitrogen and oxygen atoms in total. The summed E-state index contributed by atoms with van der Waals surface area (Å²) >= 11 is 0. The first-order chi connectivity index (χ1) is 7.31. The van der Waals surface area contributed by atoms with E-state index in [1.807, 2.05) is 6.07 Å². The van der Waals surface area contributed by atoms with Crippen LogP contribution in [-0.4, -0.2) is 18.9 Å². The van der Waals surface area contributed by atoms with Gasteiger partial charge in [-0.15, -0.1) is 0 Å². The topological polar surface area (TPSA) is 33.5 Å². The summed E-state index contributed by atoms with van der Waals surface area (Å²) in [4.78, 5) is 12.8. The van der Waals surface area contributed by atoms with E-state index in [2.05, 4.69) is 11.8 Å². The zero-order chi connectivity index (χ0) is 10.7. The van der Waals surface area contributed by atoms with Crippen molar-refractivity contribution in [1.82, 2.24) is 0 Å². The maximum atomic E-state index is 10.5. The minimum Gasteiger partial charge on any atom is -0.438 e. The van der Waals surface area contributed by atoms with Crippen LogP contribution in [0, 0.1) is 0 Å². The predicted molar refractivity (Wildman–Crippen MR) is 59.4 cm³/mol. The van der Waals surface area contributed by atoms with Gasteiger partial charge in [-0.3, -0.25) is 4.79 Å². The lowest BCUT2D eigenvalue weighted by molar-refractivity contribution is 0.110. The van der Waals surface area contributed by atoms with Gasteiger partial charge in [-0.2, -0.15) is 0 Å². The first-order valence-corrected chi connectivity index (χ1v) is 5.63. The first kappa shape index (κ1) is 10.3. The van der Waals surface area contributed by atoms with E-state index in [9.17, 15) is 4.79 Å². The van der Waals surface area contributed by atoms with Gasteiger partial charge in [-0.1, -0.05) is 12.8 Å². The van der Waals surface area contributed by atoms with E-state index in [0.29, 0.717) is 11.8 Å². The van der Waals surface area contributed by atoms with Crippen molar-refractivity contribution in [2.75, 3.05) is 11.4 Å².